The zero-order chi connectivity index (χ0) is 24.9. The normalized spacial score (nSPS) is 11.2. The van der Waals surface area contributed by atoms with Gasteiger partial charge in [-0.15, -0.1) is 0 Å². The minimum Gasteiger partial charge on any atom is -0.478 e. The van der Waals surface area contributed by atoms with Gasteiger partial charge in [0.2, 0.25) is 11.8 Å². The first-order chi connectivity index (χ1) is 16.0. The molecule has 34 heavy (non-hydrogen) atoms. The molecule has 0 aliphatic rings. The zero-order valence-corrected chi connectivity index (χ0v) is 18.1. The third-order valence-electron chi connectivity index (χ3n) is 4.32. The SMILES string of the molecule is CC(C)Oc1cc(C(=O)Nc2ccc(C(=O)O)cn2)cc(OCc2ccc(C(F)(F)F)cc2)n1. The molecular weight excluding hydrogens is 455 g/mol. The highest BCUT2D eigenvalue weighted by Gasteiger charge is 2.29. The second-order valence-corrected chi connectivity index (χ2v) is 7.37. The Labute approximate surface area is 192 Å². The van der Waals surface area contributed by atoms with Crippen LogP contribution in [0.15, 0.2) is 54.7 Å². The molecule has 0 aliphatic heterocycles. The lowest BCUT2D eigenvalue weighted by Gasteiger charge is -2.13. The predicted molar refractivity (Wildman–Crippen MR) is 115 cm³/mol. The topological polar surface area (TPSA) is 111 Å². The van der Waals surface area contributed by atoms with Gasteiger partial charge in [-0.1, -0.05) is 12.1 Å². The number of nitrogens with one attached hydrogen (secondary N) is 1. The van der Waals surface area contributed by atoms with Gasteiger partial charge in [0, 0.05) is 18.3 Å². The lowest BCUT2D eigenvalue weighted by Crippen LogP contribution is -2.15. The second kappa shape index (κ2) is 10.2. The Morgan fingerprint density at radius 3 is 2.26 bits per heavy atom. The largest absolute Gasteiger partial charge is 0.478 e. The summed E-state index contributed by atoms with van der Waals surface area (Å²) in [6.07, 6.45) is -3.58. The molecule has 0 spiro atoms. The van der Waals surface area contributed by atoms with Crippen LogP contribution in [0.2, 0.25) is 0 Å². The van der Waals surface area contributed by atoms with E-state index < -0.39 is 23.6 Å². The van der Waals surface area contributed by atoms with E-state index in [0.717, 1.165) is 18.3 Å². The Balaban J connectivity index is 1.77. The maximum absolute atomic E-state index is 12.7. The van der Waals surface area contributed by atoms with E-state index in [0.29, 0.717) is 5.56 Å². The molecular formula is C23H20F3N3O5. The van der Waals surface area contributed by atoms with Gasteiger partial charge in [0.15, 0.2) is 0 Å². The molecule has 3 aromatic rings. The van der Waals surface area contributed by atoms with Gasteiger partial charge in [-0.05, 0) is 43.7 Å². The van der Waals surface area contributed by atoms with E-state index >= 15 is 0 Å². The van der Waals surface area contributed by atoms with Crippen molar-refractivity contribution in [2.75, 3.05) is 5.32 Å². The van der Waals surface area contributed by atoms with Crippen molar-refractivity contribution in [2.24, 2.45) is 0 Å². The van der Waals surface area contributed by atoms with E-state index in [1.54, 1.807) is 13.8 Å². The van der Waals surface area contributed by atoms with Crippen LogP contribution in [0.4, 0.5) is 19.0 Å². The fourth-order valence-electron chi connectivity index (χ4n) is 2.72. The summed E-state index contributed by atoms with van der Waals surface area (Å²) in [5, 5.41) is 11.5. The van der Waals surface area contributed by atoms with Gasteiger partial charge in [0.25, 0.3) is 5.91 Å². The van der Waals surface area contributed by atoms with Crippen LogP contribution in [-0.4, -0.2) is 33.1 Å². The first-order valence-electron chi connectivity index (χ1n) is 9.99. The number of hydrogen-bond donors (Lipinski definition) is 2. The molecule has 0 saturated carbocycles. The number of nitrogens with zero attached hydrogens (tertiary/aromatic N) is 2. The maximum Gasteiger partial charge on any atom is 0.416 e. The number of hydrogen-bond acceptors (Lipinski definition) is 6. The van der Waals surface area contributed by atoms with Crippen LogP contribution in [-0.2, 0) is 12.8 Å². The first kappa shape index (κ1) is 24.5. The van der Waals surface area contributed by atoms with Gasteiger partial charge < -0.3 is 19.9 Å². The number of rotatable bonds is 8. The summed E-state index contributed by atoms with van der Waals surface area (Å²) in [5.74, 6) is -1.46. The molecule has 2 aromatic heterocycles. The zero-order valence-electron chi connectivity index (χ0n) is 18.1. The van der Waals surface area contributed by atoms with Crippen LogP contribution in [0.1, 0.15) is 45.7 Å². The minimum absolute atomic E-state index is 0.0254. The average molecular weight is 475 g/mol. The highest BCUT2D eigenvalue weighted by molar-refractivity contribution is 6.04. The summed E-state index contributed by atoms with van der Waals surface area (Å²) in [5.41, 5.74) is -0.213. The summed E-state index contributed by atoms with van der Waals surface area (Å²) < 4.78 is 49.3. The number of carboxylic acid groups (broad SMARTS) is 1. The molecule has 0 fully saturated rings. The summed E-state index contributed by atoms with van der Waals surface area (Å²) in [6, 6.07) is 9.86. The van der Waals surface area contributed by atoms with Crippen molar-refractivity contribution >= 4 is 17.7 Å². The molecule has 0 atom stereocenters. The summed E-state index contributed by atoms with van der Waals surface area (Å²) >= 11 is 0. The van der Waals surface area contributed by atoms with Crippen LogP contribution in [0.3, 0.4) is 0 Å². The maximum atomic E-state index is 12.7. The summed E-state index contributed by atoms with van der Waals surface area (Å²) in [7, 11) is 0. The Kier molecular flexibility index (Phi) is 7.34. The monoisotopic (exact) mass is 475 g/mol. The number of carbonyl (C=O) groups is 2. The van der Waals surface area contributed by atoms with Crippen molar-refractivity contribution in [3.8, 4) is 11.8 Å². The number of amides is 1. The van der Waals surface area contributed by atoms with E-state index in [9.17, 15) is 22.8 Å². The van der Waals surface area contributed by atoms with Crippen molar-refractivity contribution in [3.05, 3.63) is 77.0 Å². The van der Waals surface area contributed by atoms with Crippen LogP contribution < -0.4 is 14.8 Å². The molecule has 3 rings (SSSR count). The van der Waals surface area contributed by atoms with Crippen molar-refractivity contribution < 1.29 is 37.3 Å². The number of benzene rings is 1. The molecule has 0 radical (unpaired) electrons. The van der Waals surface area contributed by atoms with Crippen molar-refractivity contribution in [3.63, 3.8) is 0 Å². The smallest absolute Gasteiger partial charge is 0.416 e. The van der Waals surface area contributed by atoms with Crippen LogP contribution >= 0.6 is 0 Å². The lowest BCUT2D eigenvalue weighted by atomic mass is 10.1. The van der Waals surface area contributed by atoms with E-state index in [4.69, 9.17) is 14.6 Å². The van der Waals surface area contributed by atoms with Crippen molar-refractivity contribution in [1.29, 1.82) is 0 Å². The van der Waals surface area contributed by atoms with Crippen molar-refractivity contribution in [2.45, 2.75) is 32.7 Å². The van der Waals surface area contributed by atoms with Crippen molar-refractivity contribution in [1.82, 2.24) is 9.97 Å². The lowest BCUT2D eigenvalue weighted by molar-refractivity contribution is -0.137. The number of aromatic nitrogens is 2. The van der Waals surface area contributed by atoms with Gasteiger partial charge in [0.1, 0.15) is 12.4 Å². The molecule has 0 aliphatic carbocycles. The fourth-order valence-corrected chi connectivity index (χ4v) is 2.72. The fraction of sp³-hybridized carbons (Fsp3) is 0.217. The highest BCUT2D eigenvalue weighted by Crippen LogP contribution is 2.29. The van der Waals surface area contributed by atoms with E-state index in [1.807, 2.05) is 0 Å². The number of ether oxygens (including phenoxy) is 2. The molecule has 1 amide bonds. The molecule has 0 bridgehead atoms. The number of aromatic carboxylic acids is 1. The molecule has 8 nitrogen and oxygen atoms in total. The quantitative estimate of drug-likeness (QED) is 0.481. The average Bonchev–Trinajstić information content (AvgIpc) is 2.77. The van der Waals surface area contributed by atoms with Crippen LogP contribution in [0.25, 0.3) is 0 Å². The van der Waals surface area contributed by atoms with E-state index in [2.05, 4.69) is 15.3 Å². The molecule has 2 N–H and O–H groups in total. The molecule has 178 valence electrons. The number of anilines is 1. The van der Waals surface area contributed by atoms with Gasteiger partial charge >= 0.3 is 12.1 Å². The van der Waals surface area contributed by atoms with Gasteiger partial charge in [-0.2, -0.15) is 18.2 Å². The van der Waals surface area contributed by atoms with Crippen LogP contribution in [0, 0.1) is 0 Å². The number of pyridine rings is 2. The Morgan fingerprint density at radius 1 is 1.03 bits per heavy atom. The summed E-state index contributed by atoms with van der Waals surface area (Å²) in [6.45, 7) is 3.45. The van der Waals surface area contributed by atoms with Gasteiger partial charge in [-0.25, -0.2) is 9.78 Å². The van der Waals surface area contributed by atoms with E-state index in [1.165, 1.54) is 36.4 Å². The highest BCUT2D eigenvalue weighted by atomic mass is 19.4. The van der Waals surface area contributed by atoms with Crippen LogP contribution in [0.5, 0.6) is 11.8 Å². The third kappa shape index (κ3) is 6.67. The predicted octanol–water partition coefficient (Wildman–Crippen LogP) is 4.81. The number of carboxylic acids is 1. The molecule has 0 unspecified atom stereocenters. The van der Waals surface area contributed by atoms with Gasteiger partial charge in [0.05, 0.1) is 22.8 Å². The molecule has 11 heteroatoms. The third-order valence-corrected chi connectivity index (χ3v) is 4.32. The molecule has 0 saturated heterocycles. The summed E-state index contributed by atoms with van der Waals surface area (Å²) in [4.78, 5) is 31.7. The minimum atomic E-state index is -4.44. The van der Waals surface area contributed by atoms with E-state index in [-0.39, 0.29) is 41.4 Å². The molecule has 2 heterocycles. The Hall–Kier alpha value is -4.15. The standard InChI is InChI=1S/C23H20F3N3O5/c1-13(2)34-20-10-16(21(30)28-18-8-5-15(11-27-18)22(31)32)9-19(29-20)33-12-14-3-6-17(7-4-14)23(24,25)26/h3-11,13H,12H2,1-2H3,(H,31,32)(H,27,28,30). The Morgan fingerprint density at radius 2 is 1.71 bits per heavy atom. The van der Waals surface area contributed by atoms with Gasteiger partial charge in [-0.3, -0.25) is 4.79 Å². The Bertz CT molecular complexity index is 1160. The molecule has 1 aromatic carbocycles. The second-order valence-electron chi connectivity index (χ2n) is 7.37. The first-order valence-corrected chi connectivity index (χ1v) is 9.99. The number of halogens is 3. The number of alkyl halides is 3. The number of carbonyl (C=O) groups excluding carboxylic acids is 1.